The van der Waals surface area contributed by atoms with Crippen LogP contribution in [0.5, 0.6) is 0 Å². The predicted octanol–water partition coefficient (Wildman–Crippen LogP) is 3.95. The molecule has 0 saturated heterocycles. The van der Waals surface area contributed by atoms with Crippen molar-refractivity contribution >= 4 is 0 Å². The van der Waals surface area contributed by atoms with Crippen molar-refractivity contribution in [3.05, 3.63) is 53.3 Å². The summed E-state index contributed by atoms with van der Waals surface area (Å²) in [5.74, 6) is 0. The Bertz CT molecular complexity index is 637. The van der Waals surface area contributed by atoms with Gasteiger partial charge in [-0.1, -0.05) is 12.1 Å². The van der Waals surface area contributed by atoms with Gasteiger partial charge in [0, 0.05) is 23.0 Å². The van der Waals surface area contributed by atoms with E-state index in [2.05, 4.69) is 4.98 Å². The summed E-state index contributed by atoms with van der Waals surface area (Å²) in [6.07, 6.45) is -2.91. The zero-order chi connectivity index (χ0) is 14.0. The first-order valence-corrected chi connectivity index (χ1v) is 5.46. The molecule has 2 nitrogen and oxygen atoms in total. The van der Waals surface area contributed by atoms with Crippen LogP contribution in [0.1, 0.15) is 16.8 Å². The number of hydrogen-bond acceptors (Lipinski definition) is 2. The van der Waals surface area contributed by atoms with Gasteiger partial charge in [0.1, 0.15) is 0 Å². The molecule has 1 aromatic carbocycles. The maximum Gasteiger partial charge on any atom is 0.416 e. The third kappa shape index (κ3) is 2.74. The lowest BCUT2D eigenvalue weighted by Gasteiger charge is -2.09. The van der Waals surface area contributed by atoms with Crippen molar-refractivity contribution in [2.24, 2.45) is 0 Å². The van der Waals surface area contributed by atoms with E-state index in [1.165, 1.54) is 6.07 Å². The van der Waals surface area contributed by atoms with E-state index in [-0.39, 0.29) is 5.56 Å². The third-order valence-corrected chi connectivity index (χ3v) is 2.69. The molecule has 0 N–H and O–H groups in total. The lowest BCUT2D eigenvalue weighted by molar-refractivity contribution is -0.137. The Labute approximate surface area is 108 Å². The van der Waals surface area contributed by atoms with Crippen LogP contribution in [0.4, 0.5) is 13.2 Å². The van der Waals surface area contributed by atoms with Crippen molar-refractivity contribution in [2.45, 2.75) is 13.1 Å². The van der Waals surface area contributed by atoms with Gasteiger partial charge in [0.05, 0.1) is 17.2 Å². The van der Waals surface area contributed by atoms with Crippen molar-refractivity contribution in [1.82, 2.24) is 4.98 Å². The van der Waals surface area contributed by atoms with E-state index in [1.807, 2.05) is 6.92 Å². The Kier molecular flexibility index (Phi) is 3.26. The fourth-order valence-corrected chi connectivity index (χ4v) is 1.69. The highest BCUT2D eigenvalue weighted by Crippen LogP contribution is 2.33. The molecule has 0 unspecified atom stereocenters. The molecule has 19 heavy (non-hydrogen) atoms. The molecule has 5 heteroatoms. The molecule has 0 amide bonds. The lowest BCUT2D eigenvalue weighted by atomic mass is 9.99. The fraction of sp³-hybridized carbons (Fsp3) is 0.143. The van der Waals surface area contributed by atoms with E-state index in [1.54, 1.807) is 24.4 Å². The summed E-state index contributed by atoms with van der Waals surface area (Å²) in [7, 11) is 0. The number of alkyl halides is 3. The van der Waals surface area contributed by atoms with Crippen LogP contribution in [-0.2, 0) is 6.18 Å². The quantitative estimate of drug-likeness (QED) is 0.780. The van der Waals surface area contributed by atoms with Crippen LogP contribution in [0.2, 0.25) is 0 Å². The van der Waals surface area contributed by atoms with Gasteiger partial charge < -0.3 is 0 Å². The molecule has 96 valence electrons. The summed E-state index contributed by atoms with van der Waals surface area (Å²) in [6.45, 7) is 1.81. The molecule has 0 saturated carbocycles. The maximum atomic E-state index is 12.6. The first-order chi connectivity index (χ1) is 8.91. The Morgan fingerprint density at radius 2 is 1.89 bits per heavy atom. The minimum atomic E-state index is -4.45. The number of pyridine rings is 1. The van der Waals surface area contributed by atoms with Crippen LogP contribution in [0.25, 0.3) is 11.1 Å². The molecule has 1 heterocycles. The van der Waals surface area contributed by atoms with E-state index in [0.717, 1.165) is 17.8 Å². The molecular weight excluding hydrogens is 253 g/mol. The number of aryl methyl sites for hydroxylation is 1. The molecule has 2 rings (SSSR count). The SMILES string of the molecule is Cc1ccc(-c2ccc(C(F)(F)F)cc2C#N)cn1. The normalized spacial score (nSPS) is 11.1. The van der Waals surface area contributed by atoms with E-state index >= 15 is 0 Å². The van der Waals surface area contributed by atoms with Gasteiger partial charge in [-0.2, -0.15) is 18.4 Å². The maximum absolute atomic E-state index is 12.6. The Morgan fingerprint density at radius 3 is 2.42 bits per heavy atom. The highest BCUT2D eigenvalue weighted by molar-refractivity contribution is 5.70. The van der Waals surface area contributed by atoms with E-state index in [9.17, 15) is 13.2 Å². The van der Waals surface area contributed by atoms with Crippen molar-refractivity contribution < 1.29 is 13.2 Å². The molecule has 2 aromatic rings. The van der Waals surface area contributed by atoms with Crippen molar-refractivity contribution in [2.75, 3.05) is 0 Å². The molecule has 0 aliphatic carbocycles. The largest absolute Gasteiger partial charge is 0.416 e. The topological polar surface area (TPSA) is 36.7 Å². The van der Waals surface area contributed by atoms with Crippen LogP contribution >= 0.6 is 0 Å². The lowest BCUT2D eigenvalue weighted by Crippen LogP contribution is -2.05. The highest BCUT2D eigenvalue weighted by Gasteiger charge is 2.31. The number of nitrogens with zero attached hydrogens (tertiary/aromatic N) is 2. The van der Waals surface area contributed by atoms with Gasteiger partial charge >= 0.3 is 6.18 Å². The predicted molar refractivity (Wildman–Crippen MR) is 64.1 cm³/mol. The Balaban J connectivity index is 2.54. The van der Waals surface area contributed by atoms with Gasteiger partial charge in [-0.25, -0.2) is 0 Å². The average Bonchev–Trinajstić information content (AvgIpc) is 2.38. The number of aromatic nitrogens is 1. The molecule has 0 aliphatic heterocycles. The van der Waals surface area contributed by atoms with Crippen LogP contribution < -0.4 is 0 Å². The molecule has 1 aromatic heterocycles. The summed E-state index contributed by atoms with van der Waals surface area (Å²) in [4.78, 5) is 4.07. The second-order valence-corrected chi connectivity index (χ2v) is 4.06. The number of halogens is 3. The zero-order valence-electron chi connectivity index (χ0n) is 9.99. The van der Waals surface area contributed by atoms with Crippen LogP contribution in [0.15, 0.2) is 36.5 Å². The number of hydrogen-bond donors (Lipinski definition) is 0. The Morgan fingerprint density at radius 1 is 1.16 bits per heavy atom. The smallest absolute Gasteiger partial charge is 0.261 e. The molecule has 0 bridgehead atoms. The summed E-state index contributed by atoms with van der Waals surface area (Å²) in [5, 5.41) is 8.99. The van der Waals surface area contributed by atoms with Gasteiger partial charge in [-0.3, -0.25) is 4.98 Å². The molecule has 0 spiro atoms. The number of nitriles is 1. The standard InChI is InChI=1S/C14H9F3N2/c1-9-2-3-10(8-19-9)13-5-4-12(14(15,16)17)6-11(13)7-18/h2-6,8H,1H3. The van der Waals surface area contributed by atoms with Crippen LogP contribution in [0.3, 0.4) is 0 Å². The number of benzene rings is 1. The van der Waals surface area contributed by atoms with Crippen LogP contribution in [-0.4, -0.2) is 4.98 Å². The summed E-state index contributed by atoms with van der Waals surface area (Å²) < 4.78 is 37.7. The number of rotatable bonds is 1. The van der Waals surface area contributed by atoms with E-state index in [0.29, 0.717) is 11.1 Å². The summed E-state index contributed by atoms with van der Waals surface area (Å²) in [6, 6.07) is 8.39. The molecule has 0 aliphatic rings. The third-order valence-electron chi connectivity index (χ3n) is 2.69. The van der Waals surface area contributed by atoms with E-state index in [4.69, 9.17) is 5.26 Å². The van der Waals surface area contributed by atoms with E-state index < -0.39 is 11.7 Å². The second kappa shape index (κ2) is 4.73. The van der Waals surface area contributed by atoms with Crippen molar-refractivity contribution in [3.63, 3.8) is 0 Å². The monoisotopic (exact) mass is 262 g/mol. The minimum Gasteiger partial charge on any atom is -0.261 e. The van der Waals surface area contributed by atoms with Crippen molar-refractivity contribution in [1.29, 1.82) is 5.26 Å². The highest BCUT2D eigenvalue weighted by atomic mass is 19.4. The van der Waals surface area contributed by atoms with Gasteiger partial charge in [0.15, 0.2) is 0 Å². The van der Waals surface area contributed by atoms with Crippen LogP contribution in [0, 0.1) is 18.3 Å². The Hall–Kier alpha value is -2.35. The first-order valence-electron chi connectivity index (χ1n) is 5.46. The molecule has 0 radical (unpaired) electrons. The first kappa shape index (κ1) is 13.1. The molecule has 0 fully saturated rings. The van der Waals surface area contributed by atoms with Crippen molar-refractivity contribution in [3.8, 4) is 17.2 Å². The average molecular weight is 262 g/mol. The van der Waals surface area contributed by atoms with Gasteiger partial charge in [-0.15, -0.1) is 0 Å². The van der Waals surface area contributed by atoms with Gasteiger partial charge in [-0.05, 0) is 25.1 Å². The fourth-order valence-electron chi connectivity index (χ4n) is 1.69. The molecular formula is C14H9F3N2. The second-order valence-electron chi connectivity index (χ2n) is 4.06. The zero-order valence-corrected chi connectivity index (χ0v) is 9.99. The van der Waals surface area contributed by atoms with Gasteiger partial charge in [0.2, 0.25) is 0 Å². The molecule has 0 atom stereocenters. The summed E-state index contributed by atoms with van der Waals surface area (Å²) in [5.41, 5.74) is 1.03. The summed E-state index contributed by atoms with van der Waals surface area (Å²) >= 11 is 0. The minimum absolute atomic E-state index is 0.0134. The van der Waals surface area contributed by atoms with Gasteiger partial charge in [0.25, 0.3) is 0 Å².